The largest absolute Gasteiger partial charge is 0.678 e. The van der Waals surface area contributed by atoms with Crippen molar-refractivity contribution in [3.63, 3.8) is 0 Å². The fraction of sp³-hybridized carbons (Fsp3) is 1.00. The van der Waals surface area contributed by atoms with Gasteiger partial charge in [0.05, 0.1) is 0 Å². The molecule has 5 nitrogen and oxygen atoms in total. The van der Waals surface area contributed by atoms with E-state index in [4.69, 9.17) is 4.74 Å². The van der Waals surface area contributed by atoms with Crippen molar-refractivity contribution in [1.29, 1.82) is 0 Å². The van der Waals surface area contributed by atoms with Crippen molar-refractivity contribution >= 4 is 0 Å². The first kappa shape index (κ1) is 27.2. The van der Waals surface area contributed by atoms with Crippen LogP contribution in [0.1, 0.15) is 48.0 Å². The van der Waals surface area contributed by atoms with E-state index in [1.54, 1.807) is 7.11 Å². The minimum Gasteiger partial charge on any atom is -0.678 e. The molecule has 0 saturated carbocycles. The fourth-order valence-electron chi connectivity index (χ4n) is 1.41. The fourth-order valence-corrected chi connectivity index (χ4v) is 1.41. The molecule has 0 heterocycles. The van der Waals surface area contributed by atoms with E-state index in [0.29, 0.717) is 30.8 Å². The summed E-state index contributed by atoms with van der Waals surface area (Å²) in [5, 5.41) is 17.0. The van der Waals surface area contributed by atoms with Gasteiger partial charge in [0.15, 0.2) is 0 Å². The molecule has 0 aliphatic heterocycles. The first-order valence-electron chi connectivity index (χ1n) is 7.91. The van der Waals surface area contributed by atoms with Gasteiger partial charge in [-0.25, -0.2) is 0 Å². The van der Waals surface area contributed by atoms with E-state index in [1.807, 2.05) is 7.05 Å². The summed E-state index contributed by atoms with van der Waals surface area (Å²) in [6.45, 7) is 14.7. The van der Waals surface area contributed by atoms with Crippen molar-refractivity contribution < 1.29 is 21.5 Å². The summed E-state index contributed by atoms with van der Waals surface area (Å²) in [5.74, 6) is 0. The normalized spacial score (nSPS) is 13.4. The Hall–Kier alpha value is 0.306. The molecule has 0 fully saturated rings. The van der Waals surface area contributed by atoms with Crippen molar-refractivity contribution in [3.8, 4) is 0 Å². The summed E-state index contributed by atoms with van der Waals surface area (Å²) in [5.41, 5.74) is 0. The van der Waals surface area contributed by atoms with Gasteiger partial charge in [-0.3, -0.25) is 6.67 Å². The third-order valence-corrected chi connectivity index (χ3v) is 2.75. The van der Waals surface area contributed by atoms with Crippen LogP contribution in [0.5, 0.6) is 0 Å². The molecule has 0 aromatic heterocycles. The van der Waals surface area contributed by atoms with Gasteiger partial charge in [-0.05, 0) is 0 Å². The van der Waals surface area contributed by atoms with Crippen LogP contribution in [0.15, 0.2) is 0 Å². The summed E-state index contributed by atoms with van der Waals surface area (Å²) in [6.07, 6.45) is 1.04. The number of nitrogens with zero attached hydrogens (tertiary/aromatic N) is 4. The predicted octanol–water partition coefficient (Wildman–Crippen LogP) is 4.68. The van der Waals surface area contributed by atoms with Crippen LogP contribution < -0.4 is 0 Å². The van der Waals surface area contributed by atoms with Gasteiger partial charge in [-0.1, -0.05) is 48.0 Å². The molecule has 22 heavy (non-hydrogen) atoms. The van der Waals surface area contributed by atoms with Gasteiger partial charge in [0.25, 0.3) is 0 Å². The summed E-state index contributed by atoms with van der Waals surface area (Å²) in [7, 11) is 3.55. The standard InChI is InChI=1S/C9H20N2O.C7H16N2.Co/c1-8(10-3)7-9(2)11-5-6-12-4;1-6(2)8-5-9-7(3)4;/h8-9H,5-7H2,1-4H3;6-7H,5H2,1-4H3;/q2*-2;. The number of ether oxygens (including phenoxy) is 1. The second-order valence-electron chi connectivity index (χ2n) is 5.78. The Balaban J connectivity index is -0.000000326. The SMILES string of the molecule is CC(C)[N-]C[N-]C(C)C.C[N-]C(C)CC(C)[N-]CCOC.[Co]. The third-order valence-electron chi connectivity index (χ3n) is 2.75. The third kappa shape index (κ3) is 25.3. The zero-order valence-corrected chi connectivity index (χ0v) is 16.7. The first-order chi connectivity index (χ1) is 9.83. The minimum atomic E-state index is 0. The average Bonchev–Trinajstić information content (AvgIpc) is 2.38. The van der Waals surface area contributed by atoms with Gasteiger partial charge >= 0.3 is 0 Å². The molecule has 0 rings (SSSR count). The zero-order valence-electron chi connectivity index (χ0n) is 15.7. The molecule has 0 aromatic rings. The minimum absolute atomic E-state index is 0. The van der Waals surface area contributed by atoms with Crippen molar-refractivity contribution in [2.75, 3.05) is 34.0 Å². The second kappa shape index (κ2) is 19.4. The van der Waals surface area contributed by atoms with Crippen LogP contribution in [0.4, 0.5) is 0 Å². The molecule has 0 bridgehead atoms. The number of methoxy groups -OCH3 is 1. The van der Waals surface area contributed by atoms with E-state index in [-0.39, 0.29) is 16.8 Å². The topological polar surface area (TPSA) is 65.6 Å². The quantitative estimate of drug-likeness (QED) is 0.494. The van der Waals surface area contributed by atoms with Gasteiger partial charge in [0.2, 0.25) is 0 Å². The summed E-state index contributed by atoms with van der Waals surface area (Å²) >= 11 is 0. The van der Waals surface area contributed by atoms with E-state index in [9.17, 15) is 0 Å². The maximum absolute atomic E-state index is 4.91. The molecule has 0 spiro atoms. The Bertz CT molecular complexity index is 199. The molecular weight excluding hydrogens is 323 g/mol. The van der Waals surface area contributed by atoms with Crippen LogP contribution in [0.2, 0.25) is 0 Å². The van der Waals surface area contributed by atoms with E-state index in [2.05, 4.69) is 62.8 Å². The van der Waals surface area contributed by atoms with E-state index in [0.717, 1.165) is 19.6 Å². The Morgan fingerprint density at radius 2 is 1.32 bits per heavy atom. The zero-order chi connectivity index (χ0) is 16.7. The first-order valence-corrected chi connectivity index (χ1v) is 7.91. The molecule has 6 heteroatoms. The number of hydrogen-bond donors (Lipinski definition) is 0. The maximum atomic E-state index is 4.91. The predicted molar refractivity (Wildman–Crippen MR) is 94.8 cm³/mol. The van der Waals surface area contributed by atoms with Gasteiger partial charge in [-0.15, -0.1) is 30.7 Å². The van der Waals surface area contributed by atoms with E-state index in [1.165, 1.54) is 0 Å². The Morgan fingerprint density at radius 1 is 0.818 bits per heavy atom. The van der Waals surface area contributed by atoms with Crippen molar-refractivity contribution in [1.82, 2.24) is 0 Å². The Labute approximate surface area is 149 Å². The van der Waals surface area contributed by atoms with E-state index >= 15 is 0 Å². The van der Waals surface area contributed by atoms with Crippen LogP contribution in [-0.2, 0) is 21.5 Å². The molecule has 0 aliphatic rings. The van der Waals surface area contributed by atoms with Crippen LogP contribution >= 0.6 is 0 Å². The van der Waals surface area contributed by atoms with Gasteiger partial charge < -0.3 is 26.0 Å². The summed E-state index contributed by atoms with van der Waals surface area (Å²) in [4.78, 5) is 0. The molecule has 1 radical (unpaired) electrons. The summed E-state index contributed by atoms with van der Waals surface area (Å²) < 4.78 is 4.91. The Morgan fingerprint density at radius 3 is 1.68 bits per heavy atom. The number of hydrogen-bond acceptors (Lipinski definition) is 1. The molecular formula is C16H36CoN4O-4. The van der Waals surface area contributed by atoms with Gasteiger partial charge in [-0.2, -0.15) is 7.05 Å². The molecule has 139 valence electrons. The van der Waals surface area contributed by atoms with Crippen LogP contribution in [0, 0.1) is 0 Å². The van der Waals surface area contributed by atoms with Crippen LogP contribution in [0.25, 0.3) is 21.3 Å². The van der Waals surface area contributed by atoms with Gasteiger partial charge in [0, 0.05) is 30.5 Å². The molecule has 0 amide bonds. The molecule has 0 N–H and O–H groups in total. The second-order valence-corrected chi connectivity index (χ2v) is 5.78. The van der Waals surface area contributed by atoms with Crippen molar-refractivity contribution in [2.24, 2.45) is 0 Å². The smallest absolute Gasteiger partial charge is 0.0354 e. The number of rotatable bonds is 11. The molecule has 2 unspecified atom stereocenters. The monoisotopic (exact) mass is 359 g/mol. The molecule has 2 atom stereocenters. The molecule has 0 aromatic carbocycles. The van der Waals surface area contributed by atoms with Gasteiger partial charge in [0.1, 0.15) is 0 Å². The van der Waals surface area contributed by atoms with Crippen LogP contribution in [0.3, 0.4) is 0 Å². The van der Waals surface area contributed by atoms with Crippen LogP contribution in [-0.4, -0.2) is 58.1 Å². The summed E-state index contributed by atoms with van der Waals surface area (Å²) in [6, 6.07) is 1.67. The van der Waals surface area contributed by atoms with Crippen molar-refractivity contribution in [2.45, 2.75) is 72.1 Å². The average molecular weight is 359 g/mol. The van der Waals surface area contributed by atoms with Crippen molar-refractivity contribution in [3.05, 3.63) is 21.3 Å². The van der Waals surface area contributed by atoms with E-state index < -0.39 is 0 Å². The maximum Gasteiger partial charge on any atom is 0.0354 e. The Kier molecular flexibility index (Phi) is 23.9. The molecule has 0 saturated heterocycles. The molecule has 0 aliphatic carbocycles.